The van der Waals surface area contributed by atoms with Gasteiger partial charge in [0.25, 0.3) is 0 Å². The van der Waals surface area contributed by atoms with Crippen molar-refractivity contribution >= 4 is 6.09 Å². The molecule has 2 N–H and O–H groups in total. The summed E-state index contributed by atoms with van der Waals surface area (Å²) in [6.07, 6.45) is 2.58. The third-order valence-corrected chi connectivity index (χ3v) is 4.67. The van der Waals surface area contributed by atoms with Crippen molar-refractivity contribution in [3.63, 3.8) is 0 Å². The summed E-state index contributed by atoms with van der Waals surface area (Å²) in [6.45, 7) is 3.20. The zero-order valence-electron chi connectivity index (χ0n) is 17.6. The van der Waals surface area contributed by atoms with Gasteiger partial charge < -0.3 is 19.9 Å². The molecule has 2 aromatic rings. The number of nitrogens with zero attached hydrogens (tertiary/aromatic N) is 1. The van der Waals surface area contributed by atoms with Gasteiger partial charge in [-0.3, -0.25) is 4.90 Å². The first-order chi connectivity index (χ1) is 14.0. The highest BCUT2D eigenvalue weighted by Crippen LogP contribution is 2.17. The molecule has 0 aliphatic carbocycles. The van der Waals surface area contributed by atoms with Gasteiger partial charge in [-0.15, -0.1) is 0 Å². The van der Waals surface area contributed by atoms with Gasteiger partial charge in [-0.25, -0.2) is 4.79 Å². The Morgan fingerprint density at radius 2 is 1.41 bits per heavy atom. The van der Waals surface area contributed by atoms with E-state index in [9.17, 15) is 4.79 Å². The summed E-state index contributed by atoms with van der Waals surface area (Å²) < 4.78 is 15.9. The number of nitrogens with two attached hydrogens (primary N) is 1. The van der Waals surface area contributed by atoms with E-state index in [2.05, 4.69) is 6.92 Å². The van der Waals surface area contributed by atoms with E-state index in [1.54, 1.807) is 19.1 Å². The first-order valence-corrected chi connectivity index (χ1v) is 9.98. The van der Waals surface area contributed by atoms with Gasteiger partial charge in [-0.05, 0) is 41.8 Å². The maximum atomic E-state index is 12.8. The molecule has 0 radical (unpaired) electrons. The van der Waals surface area contributed by atoms with Gasteiger partial charge in [0.05, 0.1) is 14.2 Å². The molecule has 158 valence electrons. The van der Waals surface area contributed by atoms with E-state index in [0.717, 1.165) is 41.9 Å². The highest BCUT2D eigenvalue weighted by molar-refractivity contribution is 5.67. The van der Waals surface area contributed by atoms with Crippen LogP contribution in [-0.2, 0) is 17.8 Å². The van der Waals surface area contributed by atoms with Crippen LogP contribution in [0.25, 0.3) is 0 Å². The van der Waals surface area contributed by atoms with Crippen molar-refractivity contribution in [1.29, 1.82) is 0 Å². The zero-order valence-corrected chi connectivity index (χ0v) is 17.6. The van der Waals surface area contributed by atoms with Gasteiger partial charge >= 0.3 is 6.09 Å². The lowest BCUT2D eigenvalue weighted by atomic mass is 10.1. The van der Waals surface area contributed by atoms with E-state index in [-0.39, 0.29) is 18.7 Å². The molecule has 0 spiro atoms. The molecule has 0 heterocycles. The molecule has 0 aromatic heterocycles. The van der Waals surface area contributed by atoms with Gasteiger partial charge in [0, 0.05) is 19.1 Å². The SMILES string of the molecule is CCCCC(N)COC(=O)N(Cc1ccc(OC)cc1)Cc1ccc(OC)cc1. The van der Waals surface area contributed by atoms with Crippen LogP contribution in [0.4, 0.5) is 4.79 Å². The zero-order chi connectivity index (χ0) is 21.1. The Morgan fingerprint density at radius 3 is 1.83 bits per heavy atom. The number of ether oxygens (including phenoxy) is 3. The minimum atomic E-state index is -0.372. The van der Waals surface area contributed by atoms with Gasteiger partial charge in [0.15, 0.2) is 0 Å². The molecule has 2 rings (SSSR count). The van der Waals surface area contributed by atoms with Crippen LogP contribution < -0.4 is 15.2 Å². The number of amides is 1. The van der Waals surface area contributed by atoms with Crippen LogP contribution in [-0.4, -0.2) is 37.9 Å². The molecule has 6 nitrogen and oxygen atoms in total. The van der Waals surface area contributed by atoms with E-state index >= 15 is 0 Å². The average molecular weight is 401 g/mol. The molecular weight excluding hydrogens is 368 g/mol. The van der Waals surface area contributed by atoms with E-state index in [4.69, 9.17) is 19.9 Å². The lowest BCUT2D eigenvalue weighted by molar-refractivity contribution is 0.0907. The van der Waals surface area contributed by atoms with Crippen LogP contribution in [0.3, 0.4) is 0 Å². The minimum Gasteiger partial charge on any atom is -0.497 e. The summed E-state index contributed by atoms with van der Waals surface area (Å²) in [7, 11) is 3.26. The van der Waals surface area contributed by atoms with Gasteiger partial charge in [0.2, 0.25) is 0 Å². The predicted molar refractivity (Wildman–Crippen MR) is 114 cm³/mol. The molecule has 0 saturated heterocycles. The standard InChI is InChI=1S/C23H32N2O4/c1-4-5-6-20(24)17-29-23(26)25(15-18-7-11-21(27-2)12-8-18)16-19-9-13-22(28-3)14-10-19/h7-14,20H,4-6,15-17,24H2,1-3H3. The molecule has 0 fully saturated rings. The maximum Gasteiger partial charge on any atom is 0.410 e. The molecule has 0 aliphatic rings. The number of rotatable bonds is 11. The molecule has 0 aliphatic heterocycles. The Balaban J connectivity index is 2.06. The Kier molecular flexibility index (Phi) is 9.31. The second kappa shape index (κ2) is 12.0. The molecule has 1 amide bonds. The first-order valence-electron chi connectivity index (χ1n) is 9.98. The molecule has 29 heavy (non-hydrogen) atoms. The Hall–Kier alpha value is -2.73. The van der Waals surface area contributed by atoms with E-state index in [1.165, 1.54) is 0 Å². The van der Waals surface area contributed by atoms with Crippen molar-refractivity contribution in [3.8, 4) is 11.5 Å². The van der Waals surface area contributed by atoms with Crippen LogP contribution in [0.1, 0.15) is 37.3 Å². The molecule has 6 heteroatoms. The van der Waals surface area contributed by atoms with E-state index < -0.39 is 0 Å². The third-order valence-electron chi connectivity index (χ3n) is 4.67. The highest BCUT2D eigenvalue weighted by atomic mass is 16.6. The minimum absolute atomic E-state index is 0.136. The Labute approximate surface area is 173 Å². The number of hydrogen-bond donors (Lipinski definition) is 1. The quantitative estimate of drug-likeness (QED) is 0.607. The van der Waals surface area contributed by atoms with Crippen molar-refractivity contribution in [3.05, 3.63) is 59.7 Å². The lowest BCUT2D eigenvalue weighted by Gasteiger charge is -2.23. The highest BCUT2D eigenvalue weighted by Gasteiger charge is 2.18. The number of methoxy groups -OCH3 is 2. The molecule has 0 saturated carbocycles. The van der Waals surface area contributed by atoms with E-state index in [1.807, 2.05) is 48.5 Å². The van der Waals surface area contributed by atoms with Crippen LogP contribution >= 0.6 is 0 Å². The van der Waals surface area contributed by atoms with Crippen molar-refractivity contribution < 1.29 is 19.0 Å². The second-order valence-electron chi connectivity index (χ2n) is 7.03. The van der Waals surface area contributed by atoms with Crippen molar-refractivity contribution in [2.24, 2.45) is 5.73 Å². The summed E-state index contributed by atoms with van der Waals surface area (Å²) in [6, 6.07) is 15.2. The molecular formula is C23H32N2O4. The van der Waals surface area contributed by atoms with Gasteiger partial charge in [-0.2, -0.15) is 0 Å². The normalized spacial score (nSPS) is 11.6. The predicted octanol–water partition coefficient (Wildman–Crippen LogP) is 4.36. The smallest absolute Gasteiger partial charge is 0.410 e. The Bertz CT molecular complexity index is 682. The molecule has 1 unspecified atom stereocenters. The van der Waals surface area contributed by atoms with Crippen LogP contribution in [0.2, 0.25) is 0 Å². The summed E-state index contributed by atoms with van der Waals surface area (Å²) in [5.74, 6) is 1.56. The summed E-state index contributed by atoms with van der Waals surface area (Å²) in [4.78, 5) is 14.5. The van der Waals surface area contributed by atoms with Gasteiger partial charge in [0.1, 0.15) is 18.1 Å². The average Bonchev–Trinajstić information content (AvgIpc) is 2.76. The van der Waals surface area contributed by atoms with E-state index in [0.29, 0.717) is 13.1 Å². The maximum absolute atomic E-state index is 12.8. The topological polar surface area (TPSA) is 74.0 Å². The van der Waals surface area contributed by atoms with Crippen LogP contribution in [0, 0.1) is 0 Å². The fourth-order valence-electron chi connectivity index (χ4n) is 2.91. The number of benzene rings is 2. The fraction of sp³-hybridized carbons (Fsp3) is 0.435. The van der Waals surface area contributed by atoms with Gasteiger partial charge in [-0.1, -0.05) is 44.0 Å². The molecule has 0 bridgehead atoms. The second-order valence-corrected chi connectivity index (χ2v) is 7.03. The van der Waals surface area contributed by atoms with Crippen LogP contribution in [0.15, 0.2) is 48.5 Å². The monoisotopic (exact) mass is 400 g/mol. The lowest BCUT2D eigenvalue weighted by Crippen LogP contribution is -2.35. The Morgan fingerprint density at radius 1 is 0.931 bits per heavy atom. The van der Waals surface area contributed by atoms with Crippen molar-refractivity contribution in [2.75, 3.05) is 20.8 Å². The number of hydrogen-bond acceptors (Lipinski definition) is 5. The van der Waals surface area contributed by atoms with Crippen LogP contribution in [0.5, 0.6) is 11.5 Å². The largest absolute Gasteiger partial charge is 0.497 e. The first kappa shape index (κ1) is 22.6. The van der Waals surface area contributed by atoms with Crippen molar-refractivity contribution in [1.82, 2.24) is 4.90 Å². The third kappa shape index (κ3) is 7.66. The fourth-order valence-corrected chi connectivity index (χ4v) is 2.91. The number of carbonyl (C=O) groups is 1. The number of carbonyl (C=O) groups excluding carboxylic acids is 1. The van der Waals surface area contributed by atoms with Crippen molar-refractivity contribution in [2.45, 2.75) is 45.3 Å². The summed E-state index contributed by atoms with van der Waals surface area (Å²) in [5, 5.41) is 0. The number of unbranched alkanes of at least 4 members (excludes halogenated alkanes) is 1. The molecule has 1 atom stereocenters. The molecule has 2 aromatic carbocycles. The summed E-state index contributed by atoms with van der Waals surface area (Å²) in [5.41, 5.74) is 8.04. The summed E-state index contributed by atoms with van der Waals surface area (Å²) >= 11 is 0.